The summed E-state index contributed by atoms with van der Waals surface area (Å²) in [5.41, 5.74) is 7.79. The van der Waals surface area contributed by atoms with Gasteiger partial charge in [-0.2, -0.15) is 9.61 Å². The lowest BCUT2D eigenvalue weighted by Gasteiger charge is -2.26. The molecule has 0 aliphatic carbocycles. The van der Waals surface area contributed by atoms with E-state index >= 15 is 0 Å². The van der Waals surface area contributed by atoms with E-state index in [2.05, 4.69) is 24.2 Å². The Morgan fingerprint density at radius 2 is 2.03 bits per heavy atom. The first kappa shape index (κ1) is 22.8. The highest BCUT2D eigenvalue weighted by atomic mass is 16.5. The predicted molar refractivity (Wildman–Crippen MR) is 130 cm³/mol. The maximum atomic E-state index is 13.5. The molecule has 0 fully saturated rings. The van der Waals surface area contributed by atoms with Crippen molar-refractivity contribution < 1.29 is 9.53 Å². The number of nitrogens with two attached hydrogens (primary N) is 1. The van der Waals surface area contributed by atoms with Crippen LogP contribution in [0.1, 0.15) is 48.3 Å². The highest BCUT2D eigenvalue weighted by Crippen LogP contribution is 2.29. The van der Waals surface area contributed by atoms with Gasteiger partial charge in [-0.3, -0.25) is 4.79 Å². The smallest absolute Gasteiger partial charge is 0.257 e. The fourth-order valence-electron chi connectivity index (χ4n) is 4.23. The Morgan fingerprint density at radius 3 is 2.82 bits per heavy atom. The van der Waals surface area contributed by atoms with Crippen LogP contribution in [-0.4, -0.2) is 65.7 Å². The normalized spacial score (nSPS) is 17.5. The first-order chi connectivity index (χ1) is 16.0. The summed E-state index contributed by atoms with van der Waals surface area (Å²) in [4.78, 5) is 22.1. The SMILES string of the molecule is CCC1c2cc3nc(NCCN)cc(n3n2)N(C)CCCCOc2ccccc2C(=O)N1C. The second-order valence-electron chi connectivity index (χ2n) is 8.37. The molecule has 9 nitrogen and oxygen atoms in total. The van der Waals surface area contributed by atoms with Crippen LogP contribution in [0.4, 0.5) is 11.6 Å². The number of carbonyl (C=O) groups is 1. The number of ether oxygens (including phenoxy) is 1. The average Bonchev–Trinajstić information content (AvgIpc) is 3.25. The second-order valence-corrected chi connectivity index (χ2v) is 8.37. The summed E-state index contributed by atoms with van der Waals surface area (Å²) in [6.45, 7) is 4.61. The van der Waals surface area contributed by atoms with Crippen LogP contribution in [-0.2, 0) is 0 Å². The number of carbonyl (C=O) groups excluding carboxylic acids is 1. The minimum atomic E-state index is -0.198. The minimum Gasteiger partial charge on any atom is -0.493 e. The van der Waals surface area contributed by atoms with Gasteiger partial charge in [-0.05, 0) is 31.4 Å². The topological polar surface area (TPSA) is 101 Å². The molecule has 3 aromatic rings. The summed E-state index contributed by atoms with van der Waals surface area (Å²) in [5.74, 6) is 2.24. The van der Waals surface area contributed by atoms with Crippen LogP contribution in [0.3, 0.4) is 0 Å². The van der Waals surface area contributed by atoms with Crippen LogP contribution >= 0.6 is 0 Å². The van der Waals surface area contributed by atoms with Crippen molar-refractivity contribution in [1.29, 1.82) is 0 Å². The number of para-hydroxylation sites is 1. The first-order valence-electron chi connectivity index (χ1n) is 11.6. The first-order valence-corrected chi connectivity index (χ1v) is 11.6. The van der Waals surface area contributed by atoms with Gasteiger partial charge in [0.2, 0.25) is 0 Å². The highest BCUT2D eigenvalue weighted by molar-refractivity contribution is 5.97. The zero-order chi connectivity index (χ0) is 23.4. The van der Waals surface area contributed by atoms with Gasteiger partial charge in [-0.25, -0.2) is 4.98 Å². The standard InChI is InChI=1S/C24H33N7O2/c1-4-19-18-15-22-27-21(26-12-11-25)16-23(31(22)28-18)29(2)13-7-8-14-33-20-10-6-5-9-17(20)24(32)30(19)3/h5-6,9-10,15-16,19H,4,7-8,11-14,25H2,1-3H3,(H,26,27). The molecule has 1 aliphatic rings. The summed E-state index contributed by atoms with van der Waals surface area (Å²) in [7, 11) is 3.88. The highest BCUT2D eigenvalue weighted by Gasteiger charge is 2.27. The molecule has 1 aliphatic heterocycles. The molecule has 2 bridgehead atoms. The maximum Gasteiger partial charge on any atom is 0.257 e. The summed E-state index contributed by atoms with van der Waals surface area (Å²) in [6.07, 6.45) is 2.53. The number of rotatable bonds is 4. The zero-order valence-corrected chi connectivity index (χ0v) is 19.6. The van der Waals surface area contributed by atoms with E-state index in [1.807, 2.05) is 48.0 Å². The summed E-state index contributed by atoms with van der Waals surface area (Å²) in [5, 5.41) is 8.19. The Balaban J connectivity index is 1.81. The van der Waals surface area contributed by atoms with Crippen LogP contribution in [0.5, 0.6) is 5.75 Å². The Labute approximate surface area is 194 Å². The molecule has 176 valence electrons. The summed E-state index contributed by atoms with van der Waals surface area (Å²) >= 11 is 0. The molecule has 0 saturated heterocycles. The van der Waals surface area contributed by atoms with E-state index in [9.17, 15) is 4.79 Å². The van der Waals surface area contributed by atoms with Gasteiger partial charge in [-0.15, -0.1) is 0 Å². The molecule has 2 aromatic heterocycles. The van der Waals surface area contributed by atoms with E-state index in [-0.39, 0.29) is 11.9 Å². The van der Waals surface area contributed by atoms with Crippen molar-refractivity contribution in [2.45, 2.75) is 32.2 Å². The third-order valence-electron chi connectivity index (χ3n) is 6.05. The van der Waals surface area contributed by atoms with Gasteiger partial charge in [-0.1, -0.05) is 19.1 Å². The number of amides is 1. The van der Waals surface area contributed by atoms with Crippen molar-refractivity contribution in [2.24, 2.45) is 5.73 Å². The van der Waals surface area contributed by atoms with Crippen LogP contribution < -0.4 is 20.7 Å². The van der Waals surface area contributed by atoms with Gasteiger partial charge < -0.3 is 25.6 Å². The van der Waals surface area contributed by atoms with E-state index in [1.54, 1.807) is 4.90 Å². The molecule has 33 heavy (non-hydrogen) atoms. The lowest BCUT2D eigenvalue weighted by molar-refractivity contribution is 0.0718. The fraction of sp³-hybridized carbons (Fsp3) is 0.458. The van der Waals surface area contributed by atoms with Crippen LogP contribution in [0.15, 0.2) is 36.4 Å². The minimum absolute atomic E-state index is 0.0834. The molecule has 9 heteroatoms. The number of fused-ring (bicyclic) bond motifs is 2. The van der Waals surface area contributed by atoms with Crippen LogP contribution in [0.25, 0.3) is 5.65 Å². The third-order valence-corrected chi connectivity index (χ3v) is 6.05. The molecule has 0 radical (unpaired) electrons. The van der Waals surface area contributed by atoms with Gasteiger partial charge in [0.05, 0.1) is 23.9 Å². The lowest BCUT2D eigenvalue weighted by Crippen LogP contribution is -2.31. The maximum absolute atomic E-state index is 13.5. The third kappa shape index (κ3) is 4.73. The molecule has 1 unspecified atom stereocenters. The number of hydrogen-bond donors (Lipinski definition) is 2. The summed E-state index contributed by atoms with van der Waals surface area (Å²) < 4.78 is 7.89. The van der Waals surface area contributed by atoms with Crippen molar-refractivity contribution in [3.8, 4) is 5.75 Å². The average molecular weight is 452 g/mol. The number of nitrogens with one attached hydrogen (secondary N) is 1. The van der Waals surface area contributed by atoms with Gasteiger partial charge in [0.25, 0.3) is 5.91 Å². The van der Waals surface area contributed by atoms with Gasteiger partial charge in [0.1, 0.15) is 17.4 Å². The lowest BCUT2D eigenvalue weighted by atomic mass is 10.1. The van der Waals surface area contributed by atoms with E-state index in [4.69, 9.17) is 20.6 Å². The summed E-state index contributed by atoms with van der Waals surface area (Å²) in [6, 6.07) is 11.2. The predicted octanol–water partition coefficient (Wildman–Crippen LogP) is 2.93. The fourth-order valence-corrected chi connectivity index (χ4v) is 4.23. The molecule has 3 heterocycles. The van der Waals surface area contributed by atoms with Crippen molar-refractivity contribution in [2.75, 3.05) is 50.6 Å². The Morgan fingerprint density at radius 1 is 1.21 bits per heavy atom. The quantitative estimate of drug-likeness (QED) is 0.629. The number of aromatic nitrogens is 3. The molecule has 1 atom stereocenters. The van der Waals surface area contributed by atoms with E-state index in [1.165, 1.54) is 0 Å². The Bertz CT molecular complexity index is 1110. The number of hydrogen-bond acceptors (Lipinski definition) is 7. The van der Waals surface area contributed by atoms with Gasteiger partial charge in [0, 0.05) is 45.9 Å². The number of benzene rings is 1. The molecule has 0 saturated carbocycles. The van der Waals surface area contributed by atoms with Gasteiger partial charge >= 0.3 is 0 Å². The van der Waals surface area contributed by atoms with E-state index < -0.39 is 0 Å². The van der Waals surface area contributed by atoms with Crippen LogP contribution in [0.2, 0.25) is 0 Å². The molecule has 4 rings (SSSR count). The number of anilines is 2. The molecule has 1 amide bonds. The monoisotopic (exact) mass is 451 g/mol. The molecular weight excluding hydrogens is 418 g/mol. The van der Waals surface area contributed by atoms with Crippen molar-refractivity contribution in [1.82, 2.24) is 19.5 Å². The van der Waals surface area contributed by atoms with Crippen LogP contribution in [0, 0.1) is 0 Å². The van der Waals surface area contributed by atoms with Gasteiger partial charge in [0.15, 0.2) is 5.65 Å². The van der Waals surface area contributed by atoms with E-state index in [0.717, 1.165) is 48.8 Å². The molecular formula is C24H33N7O2. The molecule has 1 aromatic carbocycles. The number of nitrogens with zero attached hydrogens (tertiary/aromatic N) is 5. The Hall–Kier alpha value is -3.33. The van der Waals surface area contributed by atoms with Crippen molar-refractivity contribution in [3.05, 3.63) is 47.7 Å². The molecule has 3 N–H and O–H groups in total. The Kier molecular flexibility index (Phi) is 6.98. The van der Waals surface area contributed by atoms with Crippen molar-refractivity contribution >= 4 is 23.2 Å². The zero-order valence-electron chi connectivity index (χ0n) is 19.6. The molecule has 0 spiro atoms. The van der Waals surface area contributed by atoms with Crippen molar-refractivity contribution in [3.63, 3.8) is 0 Å². The largest absolute Gasteiger partial charge is 0.493 e. The second kappa shape index (κ2) is 10.1. The van der Waals surface area contributed by atoms with E-state index in [0.29, 0.717) is 31.0 Å².